The summed E-state index contributed by atoms with van der Waals surface area (Å²) in [6.07, 6.45) is 5.62. The Hall–Kier alpha value is -3.94. The molecule has 5 atom stereocenters. The van der Waals surface area contributed by atoms with Gasteiger partial charge in [-0.15, -0.1) is 6.58 Å². The lowest BCUT2D eigenvalue weighted by Gasteiger charge is -2.50. The summed E-state index contributed by atoms with van der Waals surface area (Å²) in [5.74, 6) is 0.697. The largest absolute Gasteiger partial charge is 0.507 e. The van der Waals surface area contributed by atoms with E-state index < -0.39 is 12.1 Å². The third kappa shape index (κ3) is 4.83. The van der Waals surface area contributed by atoms with Crippen LogP contribution < -0.4 is 4.74 Å². The van der Waals surface area contributed by atoms with Crippen molar-refractivity contribution >= 4 is 27.6 Å². The number of rotatable bonds is 5. The van der Waals surface area contributed by atoms with Crippen LogP contribution in [0.25, 0.3) is 21.7 Å². The number of carboxylic acids is 1. The molecule has 0 unspecified atom stereocenters. The van der Waals surface area contributed by atoms with Crippen molar-refractivity contribution in [3.05, 3.63) is 90.6 Å². The number of piperidine rings is 3. The van der Waals surface area contributed by atoms with Crippen molar-refractivity contribution in [2.45, 2.75) is 25.0 Å². The van der Waals surface area contributed by atoms with Crippen molar-refractivity contribution in [2.75, 3.05) is 20.2 Å². The van der Waals surface area contributed by atoms with E-state index in [9.17, 15) is 15.0 Å². The maximum Gasteiger partial charge on any atom is 0.340 e. The number of pyridine rings is 1. The van der Waals surface area contributed by atoms with Gasteiger partial charge in [-0.2, -0.15) is 0 Å². The predicted molar refractivity (Wildman–Crippen MR) is 148 cm³/mol. The summed E-state index contributed by atoms with van der Waals surface area (Å²) < 4.78 is 5.35. The number of aromatic carboxylic acids is 1. The maximum atomic E-state index is 11.2. The zero-order valence-electron chi connectivity index (χ0n) is 21.3. The summed E-state index contributed by atoms with van der Waals surface area (Å²) in [5, 5.41) is 31.8. The van der Waals surface area contributed by atoms with E-state index in [1.54, 1.807) is 37.6 Å². The molecule has 3 aromatic carbocycles. The first kappa shape index (κ1) is 25.7. The molecule has 7 rings (SSSR count). The number of aliphatic hydroxyl groups is 1. The fourth-order valence-corrected chi connectivity index (χ4v) is 5.93. The van der Waals surface area contributed by atoms with Crippen LogP contribution in [-0.4, -0.2) is 57.4 Å². The van der Waals surface area contributed by atoms with Crippen LogP contribution in [0, 0.1) is 11.8 Å². The first-order valence-electron chi connectivity index (χ1n) is 12.8. The highest BCUT2D eigenvalue weighted by atomic mass is 16.5. The summed E-state index contributed by atoms with van der Waals surface area (Å²) in [7, 11) is 1.66. The molecule has 4 heterocycles. The highest BCUT2D eigenvalue weighted by molar-refractivity contribution is 6.06. The topological polar surface area (TPSA) is 103 Å². The number of fused-ring (bicyclic) bond motifs is 5. The van der Waals surface area contributed by atoms with E-state index in [0.717, 1.165) is 47.1 Å². The molecule has 3 aliphatic heterocycles. The summed E-state index contributed by atoms with van der Waals surface area (Å²) in [4.78, 5) is 17.7. The van der Waals surface area contributed by atoms with E-state index in [1.807, 2.05) is 30.3 Å². The number of hydrogen-bond donors (Lipinski definition) is 3. The molecule has 0 saturated carbocycles. The van der Waals surface area contributed by atoms with Crippen LogP contribution >= 0.6 is 0 Å². The van der Waals surface area contributed by atoms with E-state index in [-0.39, 0.29) is 17.4 Å². The molecule has 3 aliphatic rings. The SMILES string of the molecule is C=C[C@H]1C[N@]2CC[C@H]1C[C@H]2[C@H](O)c1ccnc2ccc(OC)cc12.O=C(O)c1c(O)ccc2ccccc12. The second-order valence-corrected chi connectivity index (χ2v) is 9.96. The van der Waals surface area contributed by atoms with Crippen molar-refractivity contribution in [2.24, 2.45) is 11.8 Å². The maximum absolute atomic E-state index is 11.2. The van der Waals surface area contributed by atoms with Crippen LogP contribution in [0.2, 0.25) is 0 Å². The zero-order chi connectivity index (χ0) is 26.8. The van der Waals surface area contributed by atoms with E-state index in [0.29, 0.717) is 17.2 Å². The van der Waals surface area contributed by atoms with Crippen molar-refractivity contribution in [1.82, 2.24) is 9.88 Å². The van der Waals surface area contributed by atoms with Crippen LogP contribution in [0.15, 0.2) is 79.5 Å². The number of nitrogens with zero attached hydrogens (tertiary/aromatic N) is 2. The smallest absolute Gasteiger partial charge is 0.340 e. The Labute approximate surface area is 221 Å². The molecule has 3 N–H and O–H groups in total. The van der Waals surface area contributed by atoms with Crippen molar-refractivity contribution < 1.29 is 24.9 Å². The molecule has 7 heteroatoms. The number of aromatic nitrogens is 1. The average molecular weight is 513 g/mol. The molecular weight excluding hydrogens is 480 g/mol. The van der Waals surface area contributed by atoms with E-state index in [1.165, 1.54) is 12.5 Å². The lowest BCUT2D eigenvalue weighted by molar-refractivity contribution is -0.0444. The molecule has 0 spiro atoms. The van der Waals surface area contributed by atoms with Crippen LogP contribution in [-0.2, 0) is 0 Å². The highest BCUT2D eigenvalue weighted by Gasteiger charge is 2.42. The Kier molecular flexibility index (Phi) is 7.31. The first-order valence-corrected chi connectivity index (χ1v) is 12.8. The molecule has 3 fully saturated rings. The van der Waals surface area contributed by atoms with Gasteiger partial charge in [0.05, 0.1) is 18.7 Å². The second-order valence-electron chi connectivity index (χ2n) is 9.96. The summed E-state index contributed by atoms with van der Waals surface area (Å²) in [5.41, 5.74) is 1.81. The zero-order valence-corrected chi connectivity index (χ0v) is 21.3. The van der Waals surface area contributed by atoms with Gasteiger partial charge in [0.1, 0.15) is 17.1 Å². The van der Waals surface area contributed by atoms with Gasteiger partial charge in [0.25, 0.3) is 0 Å². The number of carboxylic acid groups (broad SMARTS) is 1. The standard InChI is InChI=1S/C20H24N2O2.C11H8O3/c1-3-13-12-22-9-7-14(13)10-19(22)20(23)16-6-8-21-18-5-4-15(24-2)11-17(16)18;12-9-6-5-7-3-1-2-4-8(7)10(9)11(13)14/h3-6,8,11,13-14,19-20,23H,1,7,9-10,12H2,2H3;1-6,12H,(H,13,14)/t13-,14-,19-,20+;/m0./s1. The third-order valence-electron chi connectivity index (χ3n) is 7.94. The van der Waals surface area contributed by atoms with Gasteiger partial charge in [0, 0.05) is 24.2 Å². The molecule has 38 heavy (non-hydrogen) atoms. The molecule has 3 saturated heterocycles. The third-order valence-corrected chi connectivity index (χ3v) is 7.94. The first-order chi connectivity index (χ1) is 18.4. The molecule has 7 nitrogen and oxygen atoms in total. The molecule has 0 amide bonds. The molecular formula is C31H32N2O5. The Balaban J connectivity index is 0.000000179. The number of methoxy groups -OCH3 is 1. The minimum Gasteiger partial charge on any atom is -0.507 e. The fraction of sp³-hybridized carbons (Fsp3) is 0.290. The fourth-order valence-electron chi connectivity index (χ4n) is 5.93. The average Bonchev–Trinajstić information content (AvgIpc) is 2.96. The summed E-state index contributed by atoms with van der Waals surface area (Å²) >= 11 is 0. The van der Waals surface area contributed by atoms with Gasteiger partial charge < -0.3 is 20.1 Å². The molecule has 4 aromatic rings. The minimum absolute atomic E-state index is 0.0388. The van der Waals surface area contributed by atoms with Gasteiger partial charge in [-0.25, -0.2) is 4.79 Å². The minimum atomic E-state index is -1.11. The quantitative estimate of drug-likeness (QED) is 0.307. The number of aromatic hydroxyl groups is 1. The molecule has 196 valence electrons. The van der Waals surface area contributed by atoms with Crippen molar-refractivity contribution in [3.63, 3.8) is 0 Å². The number of hydrogen-bond acceptors (Lipinski definition) is 6. The summed E-state index contributed by atoms with van der Waals surface area (Å²) in [6.45, 7) is 6.07. The number of carbonyl (C=O) groups is 1. The van der Waals surface area contributed by atoms with Gasteiger partial charge in [-0.1, -0.05) is 36.4 Å². The number of ether oxygens (including phenoxy) is 1. The van der Waals surface area contributed by atoms with E-state index >= 15 is 0 Å². The predicted octanol–water partition coefficient (Wildman–Crippen LogP) is 5.42. The van der Waals surface area contributed by atoms with Gasteiger partial charge in [0.2, 0.25) is 0 Å². The van der Waals surface area contributed by atoms with Gasteiger partial charge in [-0.05, 0) is 77.9 Å². The monoisotopic (exact) mass is 512 g/mol. The number of aliphatic hydroxyl groups excluding tert-OH is 1. The molecule has 0 radical (unpaired) electrons. The lowest BCUT2D eigenvalue weighted by atomic mass is 9.73. The van der Waals surface area contributed by atoms with Crippen LogP contribution in [0.4, 0.5) is 0 Å². The Morgan fingerprint density at radius 2 is 1.97 bits per heavy atom. The summed E-state index contributed by atoms with van der Waals surface area (Å²) in [6, 6.07) is 18.1. The number of benzene rings is 3. The normalized spacial score (nSPS) is 22.9. The second kappa shape index (κ2) is 10.8. The van der Waals surface area contributed by atoms with Gasteiger partial charge >= 0.3 is 5.97 Å². The van der Waals surface area contributed by atoms with Crippen LogP contribution in [0.5, 0.6) is 11.5 Å². The van der Waals surface area contributed by atoms with Crippen LogP contribution in [0.3, 0.4) is 0 Å². The van der Waals surface area contributed by atoms with Crippen molar-refractivity contribution in [1.29, 1.82) is 0 Å². The lowest BCUT2D eigenvalue weighted by Crippen LogP contribution is -2.54. The van der Waals surface area contributed by atoms with Crippen LogP contribution in [0.1, 0.15) is 34.9 Å². The van der Waals surface area contributed by atoms with Crippen molar-refractivity contribution in [3.8, 4) is 11.5 Å². The highest BCUT2D eigenvalue weighted by Crippen LogP contribution is 2.42. The molecule has 2 bridgehead atoms. The molecule has 0 aliphatic carbocycles. The Bertz CT molecular complexity index is 1490. The van der Waals surface area contributed by atoms with E-state index in [2.05, 4.69) is 22.5 Å². The molecule has 1 aromatic heterocycles. The Morgan fingerprint density at radius 3 is 2.68 bits per heavy atom. The van der Waals surface area contributed by atoms with Gasteiger partial charge in [0.15, 0.2) is 0 Å². The van der Waals surface area contributed by atoms with Gasteiger partial charge in [-0.3, -0.25) is 9.88 Å². The van der Waals surface area contributed by atoms with E-state index in [4.69, 9.17) is 9.84 Å². The Morgan fingerprint density at radius 1 is 1.16 bits per heavy atom. The number of phenols is 1.